The molecule has 1 saturated heterocycles. The third-order valence-corrected chi connectivity index (χ3v) is 8.78. The highest BCUT2D eigenvalue weighted by molar-refractivity contribution is 7.94. The number of nitrogens with zero attached hydrogens (tertiary/aromatic N) is 2. The third-order valence-electron chi connectivity index (χ3n) is 5.14. The molecule has 2 aromatic carbocycles. The van der Waals surface area contributed by atoms with Crippen LogP contribution in [0.25, 0.3) is 0 Å². The van der Waals surface area contributed by atoms with Gasteiger partial charge in [-0.2, -0.15) is 0 Å². The number of hydrogen-bond donors (Lipinski definition) is 0. The van der Waals surface area contributed by atoms with Gasteiger partial charge in [0.2, 0.25) is 15.9 Å². The monoisotopic (exact) mass is 436 g/mol. The van der Waals surface area contributed by atoms with E-state index < -0.39 is 26.0 Å². The van der Waals surface area contributed by atoms with Crippen LogP contribution in [0.1, 0.15) is 18.9 Å². The molecule has 1 fully saturated rings. The summed E-state index contributed by atoms with van der Waals surface area (Å²) in [7, 11) is -6.55. The lowest BCUT2D eigenvalue weighted by atomic mass is 10.1. The molecule has 2 aliphatic heterocycles. The van der Waals surface area contributed by atoms with Crippen molar-refractivity contribution in [2.75, 3.05) is 21.5 Å². The second-order valence-corrected chi connectivity index (χ2v) is 10.8. The number of fused-ring (bicyclic) bond motifs is 1. The summed E-state index contributed by atoms with van der Waals surface area (Å²) in [5, 5.41) is 0. The van der Waals surface area contributed by atoms with E-state index in [1.165, 1.54) is 29.6 Å². The highest BCUT2D eigenvalue weighted by Gasteiger charge is 2.40. The summed E-state index contributed by atoms with van der Waals surface area (Å²) in [6, 6.07) is 10.9. The molecule has 1 atom stereocenters. The highest BCUT2D eigenvalue weighted by atomic mass is 32.2. The van der Waals surface area contributed by atoms with E-state index in [-0.39, 0.29) is 34.5 Å². The van der Waals surface area contributed by atoms with Crippen LogP contribution in [0.5, 0.6) is 5.75 Å². The van der Waals surface area contributed by atoms with Gasteiger partial charge in [0.25, 0.3) is 10.0 Å². The first-order valence-corrected chi connectivity index (χ1v) is 12.1. The Hall–Kier alpha value is -2.59. The second-order valence-electron chi connectivity index (χ2n) is 7.04. The molecule has 0 aliphatic carbocycles. The quantitative estimate of drug-likeness (QED) is 0.726. The van der Waals surface area contributed by atoms with Crippen LogP contribution >= 0.6 is 0 Å². The number of sulfonamides is 2. The zero-order valence-electron chi connectivity index (χ0n) is 15.9. The SMILES string of the molecule is COc1ccc(N2C(=O)CCS2(=O)=O)cc1S(=O)(=O)N1c2ccccc2CC1C. The molecule has 10 heteroatoms. The van der Waals surface area contributed by atoms with Gasteiger partial charge < -0.3 is 4.74 Å². The van der Waals surface area contributed by atoms with Crippen LogP contribution in [-0.2, 0) is 31.3 Å². The van der Waals surface area contributed by atoms with Gasteiger partial charge in [-0.1, -0.05) is 18.2 Å². The van der Waals surface area contributed by atoms with Crippen LogP contribution in [0.2, 0.25) is 0 Å². The van der Waals surface area contributed by atoms with Crippen molar-refractivity contribution in [3.63, 3.8) is 0 Å². The number of hydrogen-bond acceptors (Lipinski definition) is 6. The average Bonchev–Trinajstić information content (AvgIpc) is 3.16. The van der Waals surface area contributed by atoms with Crippen LogP contribution in [0.3, 0.4) is 0 Å². The largest absolute Gasteiger partial charge is 0.495 e. The number of carbonyl (C=O) groups is 1. The van der Waals surface area contributed by atoms with E-state index >= 15 is 0 Å². The zero-order valence-corrected chi connectivity index (χ0v) is 17.5. The lowest BCUT2D eigenvalue weighted by molar-refractivity contribution is -0.116. The number of ether oxygens (including phenoxy) is 1. The molecule has 0 radical (unpaired) electrons. The first kappa shape index (κ1) is 19.7. The van der Waals surface area contributed by atoms with Gasteiger partial charge in [-0.05, 0) is 43.2 Å². The van der Waals surface area contributed by atoms with Crippen LogP contribution in [0.15, 0.2) is 47.4 Å². The normalized spacial score (nSPS) is 20.8. The Morgan fingerprint density at radius 1 is 1.14 bits per heavy atom. The van der Waals surface area contributed by atoms with E-state index in [0.717, 1.165) is 5.56 Å². The first-order chi connectivity index (χ1) is 13.7. The Balaban J connectivity index is 1.87. The van der Waals surface area contributed by atoms with Gasteiger partial charge in [0.15, 0.2) is 0 Å². The number of carbonyl (C=O) groups excluding carboxylic acids is 1. The molecular formula is C19H20N2O6S2. The minimum absolute atomic E-state index is 0.00740. The molecule has 1 unspecified atom stereocenters. The summed E-state index contributed by atoms with van der Waals surface area (Å²) in [5.74, 6) is -0.802. The smallest absolute Gasteiger partial charge is 0.268 e. The van der Waals surface area contributed by atoms with Gasteiger partial charge in [-0.3, -0.25) is 9.10 Å². The minimum Gasteiger partial charge on any atom is -0.495 e. The van der Waals surface area contributed by atoms with Crippen molar-refractivity contribution >= 4 is 37.3 Å². The maximum absolute atomic E-state index is 13.6. The molecular weight excluding hydrogens is 416 g/mol. The molecule has 8 nitrogen and oxygen atoms in total. The molecule has 2 aromatic rings. The number of anilines is 2. The second kappa shape index (κ2) is 6.74. The summed E-state index contributed by atoms with van der Waals surface area (Å²) in [6.07, 6.45) is 0.434. The summed E-state index contributed by atoms with van der Waals surface area (Å²) < 4.78 is 59.0. The fraction of sp³-hybridized carbons (Fsp3) is 0.316. The molecule has 0 spiro atoms. The minimum atomic E-state index is -4.08. The van der Waals surface area contributed by atoms with Crippen molar-refractivity contribution in [2.24, 2.45) is 0 Å². The molecule has 0 N–H and O–H groups in total. The van der Waals surface area contributed by atoms with E-state index in [4.69, 9.17) is 4.74 Å². The maximum atomic E-state index is 13.6. The summed E-state index contributed by atoms with van der Waals surface area (Å²) in [5.41, 5.74) is 1.49. The Labute approximate surface area is 169 Å². The van der Waals surface area contributed by atoms with Gasteiger partial charge >= 0.3 is 0 Å². The summed E-state index contributed by atoms with van der Waals surface area (Å²) in [4.78, 5) is 11.9. The maximum Gasteiger partial charge on any atom is 0.268 e. The third kappa shape index (κ3) is 3.06. The molecule has 29 heavy (non-hydrogen) atoms. The molecule has 0 bridgehead atoms. The Kier molecular flexibility index (Phi) is 4.58. The van der Waals surface area contributed by atoms with Crippen molar-refractivity contribution in [1.82, 2.24) is 0 Å². The number of methoxy groups -OCH3 is 1. The fourth-order valence-electron chi connectivity index (χ4n) is 3.87. The fourth-order valence-corrected chi connectivity index (χ4v) is 7.20. The lowest BCUT2D eigenvalue weighted by Gasteiger charge is -2.26. The number of amides is 1. The molecule has 154 valence electrons. The van der Waals surface area contributed by atoms with E-state index in [9.17, 15) is 21.6 Å². The molecule has 2 aliphatic rings. The van der Waals surface area contributed by atoms with Crippen LogP contribution in [0, 0.1) is 0 Å². The topological polar surface area (TPSA) is 101 Å². The molecule has 0 aromatic heterocycles. The molecule has 1 amide bonds. The number of benzene rings is 2. The van der Waals surface area contributed by atoms with Gasteiger partial charge in [-0.25, -0.2) is 21.1 Å². The van der Waals surface area contributed by atoms with E-state index in [1.54, 1.807) is 12.1 Å². The summed E-state index contributed by atoms with van der Waals surface area (Å²) in [6.45, 7) is 1.81. The highest BCUT2D eigenvalue weighted by Crippen LogP contribution is 2.40. The number of rotatable bonds is 4. The van der Waals surface area contributed by atoms with Gasteiger partial charge in [0, 0.05) is 12.5 Å². The van der Waals surface area contributed by atoms with Crippen molar-refractivity contribution < 1.29 is 26.4 Å². The Morgan fingerprint density at radius 3 is 2.52 bits per heavy atom. The van der Waals surface area contributed by atoms with Crippen molar-refractivity contribution in [2.45, 2.75) is 30.7 Å². The molecule has 4 rings (SSSR count). The Bertz CT molecular complexity index is 1210. The van der Waals surface area contributed by atoms with Gasteiger partial charge in [-0.15, -0.1) is 0 Å². The standard InChI is InChI=1S/C19H20N2O6S2/c1-13-11-14-5-3-4-6-16(14)20(13)29(25,26)18-12-15(7-8-17(18)27-2)21-19(22)9-10-28(21,23)24/h3-8,12-13H,9-11H2,1-2H3. The van der Waals surface area contributed by atoms with Crippen molar-refractivity contribution in [3.05, 3.63) is 48.0 Å². The van der Waals surface area contributed by atoms with Crippen LogP contribution in [0.4, 0.5) is 11.4 Å². The van der Waals surface area contributed by atoms with Crippen molar-refractivity contribution in [3.8, 4) is 5.75 Å². The zero-order chi connectivity index (χ0) is 21.0. The first-order valence-electron chi connectivity index (χ1n) is 9.03. The average molecular weight is 437 g/mol. The van der Waals surface area contributed by atoms with E-state index in [0.29, 0.717) is 16.4 Å². The van der Waals surface area contributed by atoms with E-state index in [2.05, 4.69) is 0 Å². The Morgan fingerprint density at radius 2 is 1.86 bits per heavy atom. The lowest BCUT2D eigenvalue weighted by Crippen LogP contribution is -2.36. The van der Waals surface area contributed by atoms with E-state index in [1.807, 2.05) is 19.1 Å². The molecule has 2 heterocycles. The summed E-state index contributed by atoms with van der Waals surface area (Å²) >= 11 is 0. The number of para-hydroxylation sites is 1. The van der Waals surface area contributed by atoms with Gasteiger partial charge in [0.05, 0.1) is 24.2 Å². The predicted molar refractivity (Wildman–Crippen MR) is 108 cm³/mol. The van der Waals surface area contributed by atoms with Crippen molar-refractivity contribution in [1.29, 1.82) is 0 Å². The van der Waals surface area contributed by atoms with Crippen LogP contribution in [-0.4, -0.2) is 41.6 Å². The van der Waals surface area contributed by atoms with Gasteiger partial charge in [0.1, 0.15) is 10.6 Å². The molecule has 0 saturated carbocycles. The predicted octanol–water partition coefficient (Wildman–Crippen LogP) is 1.90. The van der Waals surface area contributed by atoms with Crippen LogP contribution < -0.4 is 13.3 Å².